The molecule has 0 aromatic heterocycles. The number of nitrogens with one attached hydrogen (secondary N) is 3. The van der Waals surface area contributed by atoms with Crippen LogP contribution in [0.25, 0.3) is 0 Å². The summed E-state index contributed by atoms with van der Waals surface area (Å²) in [5.74, 6) is 1.73. The predicted molar refractivity (Wildman–Crippen MR) is 155 cm³/mol. The van der Waals surface area contributed by atoms with Gasteiger partial charge < -0.3 is 35.0 Å². The van der Waals surface area contributed by atoms with Crippen molar-refractivity contribution in [2.24, 2.45) is 5.92 Å². The smallest absolute Gasteiger partial charge is 0.318 e. The number of urea groups is 1. The maximum atomic E-state index is 13.1. The molecule has 2 amide bonds. The minimum atomic E-state index is -3.86. The van der Waals surface area contributed by atoms with Crippen LogP contribution in [0.5, 0.6) is 17.2 Å². The fraction of sp³-hybridized carbons (Fsp3) is 0.464. The first kappa shape index (κ1) is 29.5. The molecule has 2 aromatic rings. The van der Waals surface area contributed by atoms with Crippen molar-refractivity contribution in [3.05, 3.63) is 57.7 Å². The standard InChI is InChI=1S/C28H35BrN4O7S/c1-5-30-27(35)33-14-17-11-22(39-4)25(29)26-24(17)28(13-19(33)15-34)16(2)10-18(12-23(28)40-26)31-32-41(36,37)21-8-6-20(38-3)7-9-21/h6-9,11-12,16,19,23,31-32,34H,5,10,13-15H2,1-4H3,(H,30,35)/t16-,19+,23-,28+/m1/s1. The van der Waals surface area contributed by atoms with Gasteiger partial charge in [0.2, 0.25) is 0 Å². The second-order valence-corrected chi connectivity index (χ2v) is 13.0. The Balaban J connectivity index is 1.51. The third-order valence-corrected chi connectivity index (χ3v) is 10.3. The molecule has 2 aromatic carbocycles. The Morgan fingerprint density at radius 1 is 1.24 bits per heavy atom. The molecule has 4 atom stereocenters. The second kappa shape index (κ2) is 11.3. The van der Waals surface area contributed by atoms with E-state index in [2.05, 4.69) is 38.4 Å². The SMILES string of the molecule is CCNC(=O)N1Cc2cc(OC)c(Br)c3c2[C@@]2(C[C@H]1CO)[C@H](C)CC(NNS(=O)(=O)c1ccc(OC)cc1)=C[C@H]2O3. The lowest BCUT2D eigenvalue weighted by Crippen LogP contribution is -2.53. The van der Waals surface area contributed by atoms with Gasteiger partial charge >= 0.3 is 6.03 Å². The summed E-state index contributed by atoms with van der Waals surface area (Å²) in [5, 5.41) is 13.4. The summed E-state index contributed by atoms with van der Waals surface area (Å²) in [6, 6.07) is 7.33. The molecule has 11 nitrogen and oxygen atoms in total. The molecule has 0 saturated carbocycles. The zero-order chi connectivity index (χ0) is 29.5. The number of rotatable bonds is 8. The third kappa shape index (κ3) is 5.02. The van der Waals surface area contributed by atoms with Crippen LogP contribution >= 0.6 is 15.9 Å². The number of carbonyl (C=O) groups excluding carboxylic acids is 1. The van der Waals surface area contributed by atoms with Gasteiger partial charge in [0, 0.05) is 29.8 Å². The maximum Gasteiger partial charge on any atom is 0.318 e. The van der Waals surface area contributed by atoms with Gasteiger partial charge in [-0.2, -0.15) is 0 Å². The molecule has 2 heterocycles. The van der Waals surface area contributed by atoms with Crippen molar-refractivity contribution < 1.29 is 32.5 Å². The quantitative estimate of drug-likeness (QED) is 0.320. The summed E-state index contributed by atoms with van der Waals surface area (Å²) in [7, 11) is -0.766. The predicted octanol–water partition coefficient (Wildman–Crippen LogP) is 3.17. The van der Waals surface area contributed by atoms with Gasteiger partial charge in [-0.25, -0.2) is 13.2 Å². The number of allylic oxidation sites excluding steroid dienone is 1. The Bertz CT molecular complexity index is 1470. The number of ether oxygens (including phenoxy) is 3. The molecule has 0 unspecified atom stereocenters. The van der Waals surface area contributed by atoms with Gasteiger partial charge in [-0.15, -0.1) is 4.83 Å². The highest BCUT2D eigenvalue weighted by atomic mass is 79.9. The zero-order valence-electron chi connectivity index (χ0n) is 23.4. The van der Waals surface area contributed by atoms with E-state index in [9.17, 15) is 18.3 Å². The van der Waals surface area contributed by atoms with Crippen molar-refractivity contribution in [1.82, 2.24) is 20.5 Å². The first-order valence-corrected chi connectivity index (χ1v) is 15.7. The molecular weight excluding hydrogens is 616 g/mol. The number of carbonyl (C=O) groups is 1. The van der Waals surface area contributed by atoms with Gasteiger partial charge in [-0.3, -0.25) is 0 Å². The number of hydrogen-bond donors (Lipinski definition) is 4. The van der Waals surface area contributed by atoms with Crippen molar-refractivity contribution in [3.63, 3.8) is 0 Å². The summed E-state index contributed by atoms with van der Waals surface area (Å²) in [4.78, 5) is 17.4. The summed E-state index contributed by atoms with van der Waals surface area (Å²) in [6.45, 7) is 4.49. The highest BCUT2D eigenvalue weighted by Crippen LogP contribution is 2.60. The molecular formula is C28H35BrN4O7S. The van der Waals surface area contributed by atoms with E-state index in [-0.39, 0.29) is 30.0 Å². The van der Waals surface area contributed by atoms with Crippen LogP contribution < -0.4 is 29.8 Å². The van der Waals surface area contributed by atoms with Crippen LogP contribution in [0.15, 0.2) is 51.5 Å². The number of sulfonamides is 1. The van der Waals surface area contributed by atoms with Crippen molar-refractivity contribution in [3.8, 4) is 17.2 Å². The van der Waals surface area contributed by atoms with Crippen LogP contribution in [0, 0.1) is 5.92 Å². The molecule has 5 rings (SSSR count). The van der Waals surface area contributed by atoms with Crippen LogP contribution in [0.1, 0.15) is 37.8 Å². The largest absolute Gasteiger partial charge is 0.497 e. The van der Waals surface area contributed by atoms with E-state index in [4.69, 9.17) is 14.2 Å². The fourth-order valence-corrected chi connectivity index (χ4v) is 7.77. The minimum absolute atomic E-state index is 0.0472. The Hall–Kier alpha value is -3.00. The van der Waals surface area contributed by atoms with E-state index < -0.39 is 27.6 Å². The van der Waals surface area contributed by atoms with Crippen LogP contribution in [0.4, 0.5) is 4.79 Å². The van der Waals surface area contributed by atoms with Gasteiger partial charge in [0.15, 0.2) is 0 Å². The number of nitrogens with zero attached hydrogens (tertiary/aromatic N) is 1. The van der Waals surface area contributed by atoms with Crippen molar-refractivity contribution in [2.75, 3.05) is 27.4 Å². The molecule has 41 heavy (non-hydrogen) atoms. The lowest BCUT2D eigenvalue weighted by molar-refractivity contribution is 0.0671. The lowest BCUT2D eigenvalue weighted by atomic mass is 9.60. The Labute approximate surface area is 248 Å². The number of benzene rings is 2. The average Bonchev–Trinajstić information content (AvgIpc) is 3.22. The summed E-state index contributed by atoms with van der Waals surface area (Å²) >= 11 is 3.66. The molecule has 0 radical (unpaired) electrons. The third-order valence-electron chi connectivity index (χ3n) is 8.34. The van der Waals surface area contributed by atoms with Gasteiger partial charge in [-0.1, -0.05) is 6.92 Å². The normalized spacial score (nSPS) is 24.8. The van der Waals surface area contributed by atoms with Gasteiger partial charge in [0.1, 0.15) is 27.8 Å². The van der Waals surface area contributed by atoms with E-state index in [1.807, 2.05) is 19.1 Å². The highest BCUT2D eigenvalue weighted by molar-refractivity contribution is 9.10. The molecule has 1 aliphatic carbocycles. The Morgan fingerprint density at radius 3 is 2.61 bits per heavy atom. The number of hydrogen-bond acceptors (Lipinski definition) is 8. The topological polar surface area (TPSA) is 138 Å². The average molecular weight is 652 g/mol. The lowest BCUT2D eigenvalue weighted by Gasteiger charge is -2.44. The Morgan fingerprint density at radius 2 is 1.98 bits per heavy atom. The number of halogens is 1. The van der Waals surface area contributed by atoms with Crippen LogP contribution in [-0.2, 0) is 22.0 Å². The molecule has 0 saturated heterocycles. The molecule has 4 N–H and O–H groups in total. The monoisotopic (exact) mass is 650 g/mol. The van der Waals surface area contributed by atoms with E-state index in [0.717, 1.165) is 11.1 Å². The van der Waals surface area contributed by atoms with Crippen molar-refractivity contribution in [2.45, 2.75) is 55.7 Å². The van der Waals surface area contributed by atoms with E-state index >= 15 is 0 Å². The molecule has 1 spiro atoms. The first-order chi connectivity index (χ1) is 19.6. The minimum Gasteiger partial charge on any atom is -0.497 e. The highest BCUT2D eigenvalue weighted by Gasteiger charge is 2.58. The maximum absolute atomic E-state index is 13.1. The number of methoxy groups -OCH3 is 2. The van der Waals surface area contributed by atoms with E-state index in [1.165, 1.54) is 19.2 Å². The first-order valence-electron chi connectivity index (χ1n) is 13.4. The van der Waals surface area contributed by atoms with Crippen LogP contribution in [0.3, 0.4) is 0 Å². The molecule has 3 aliphatic rings. The number of hydrazine groups is 1. The molecule has 2 aliphatic heterocycles. The molecule has 222 valence electrons. The van der Waals surface area contributed by atoms with E-state index in [0.29, 0.717) is 46.8 Å². The van der Waals surface area contributed by atoms with Gasteiger partial charge in [-0.05, 0) is 83.6 Å². The van der Waals surface area contributed by atoms with Gasteiger partial charge in [0.25, 0.3) is 10.0 Å². The molecule has 0 fully saturated rings. The summed E-state index contributed by atoms with van der Waals surface area (Å²) in [6.07, 6.45) is 2.38. The van der Waals surface area contributed by atoms with Gasteiger partial charge in [0.05, 0.1) is 31.8 Å². The van der Waals surface area contributed by atoms with Crippen molar-refractivity contribution >= 4 is 32.0 Å². The van der Waals surface area contributed by atoms with E-state index in [1.54, 1.807) is 24.1 Å². The number of amides is 2. The second-order valence-electron chi connectivity index (χ2n) is 10.5. The van der Waals surface area contributed by atoms with Crippen molar-refractivity contribution in [1.29, 1.82) is 0 Å². The Kier molecular flexibility index (Phi) is 8.16. The summed E-state index contributed by atoms with van der Waals surface area (Å²) < 4.78 is 44.0. The summed E-state index contributed by atoms with van der Waals surface area (Å²) in [5.41, 5.74) is 4.87. The number of aliphatic hydroxyl groups excluding tert-OH is 1. The van der Waals surface area contributed by atoms with Crippen LogP contribution in [0.2, 0.25) is 0 Å². The fourth-order valence-electron chi connectivity index (χ4n) is 6.33. The molecule has 13 heteroatoms. The van der Waals surface area contributed by atoms with Crippen LogP contribution in [-0.4, -0.2) is 64.0 Å². The molecule has 0 bridgehead atoms. The zero-order valence-corrected chi connectivity index (χ0v) is 25.8. The number of aliphatic hydroxyl groups is 1.